The maximum absolute atomic E-state index is 13.2. The Morgan fingerprint density at radius 3 is 2.25 bits per heavy atom. The van der Waals surface area contributed by atoms with E-state index in [1.807, 2.05) is 30.3 Å². The Bertz CT molecular complexity index is 2050. The molecule has 22 heteroatoms. The van der Waals surface area contributed by atoms with Crippen LogP contribution in [0.5, 0.6) is 0 Å². The molecule has 4 heterocycles. The Labute approximate surface area is 401 Å². The molecule has 1 aromatic carbocycles. The third-order valence-corrected chi connectivity index (χ3v) is 12.1. The molecule has 382 valence electrons. The highest BCUT2D eigenvalue weighted by atomic mass is 19.4. The number of halogens is 3. The highest BCUT2D eigenvalue weighted by molar-refractivity contribution is 5.93. The van der Waals surface area contributed by atoms with E-state index < -0.39 is 23.7 Å². The lowest BCUT2D eigenvalue weighted by atomic mass is 9.89. The molecule has 2 unspecified atom stereocenters. The van der Waals surface area contributed by atoms with Gasteiger partial charge in [-0.25, -0.2) is 9.97 Å². The van der Waals surface area contributed by atoms with Gasteiger partial charge in [-0.1, -0.05) is 6.07 Å². The Morgan fingerprint density at radius 2 is 1.62 bits per heavy atom. The summed E-state index contributed by atoms with van der Waals surface area (Å²) in [7, 11) is 4.01. The molecule has 3 fully saturated rings. The highest BCUT2D eigenvalue weighted by Gasteiger charge is 2.39. The normalized spacial score (nSPS) is 19.3. The van der Waals surface area contributed by atoms with Gasteiger partial charge in [-0.2, -0.15) is 13.2 Å². The van der Waals surface area contributed by atoms with E-state index in [0.29, 0.717) is 96.1 Å². The van der Waals surface area contributed by atoms with Crippen molar-refractivity contribution in [3.05, 3.63) is 60.2 Å². The van der Waals surface area contributed by atoms with Crippen molar-refractivity contribution in [3.8, 4) is 0 Å². The van der Waals surface area contributed by atoms with Crippen molar-refractivity contribution in [2.45, 2.75) is 102 Å². The summed E-state index contributed by atoms with van der Waals surface area (Å²) in [5, 5.41) is 8.53. The first-order valence-corrected chi connectivity index (χ1v) is 23.4. The smallest absolute Gasteiger partial charge is 0.379 e. The van der Waals surface area contributed by atoms with Crippen molar-refractivity contribution in [2.24, 2.45) is 5.73 Å². The van der Waals surface area contributed by atoms with Crippen molar-refractivity contribution in [2.75, 3.05) is 91.9 Å². The van der Waals surface area contributed by atoms with Crippen LogP contribution in [-0.2, 0) is 49.1 Å². The molecule has 19 nitrogen and oxygen atoms in total. The molecule has 1 aliphatic carbocycles. The maximum Gasteiger partial charge on any atom is 0.416 e. The SMILES string of the molecule is CC(C)N(C)C1CCC(N2CCC(Nc3ncnc4ccc(C(F)(F)F)cc34)C2=O)CC1.CN1C(=O)CCC1c1cccnc1.NC(=O)COCCOCCNC(=O)CCOCCOCCNC=O. The van der Waals surface area contributed by atoms with Crippen LogP contribution in [0.3, 0.4) is 0 Å². The summed E-state index contributed by atoms with van der Waals surface area (Å²) in [6.45, 7) is 8.27. The number of likely N-dealkylation sites (tertiary alicyclic amines) is 2. The molecule has 6 rings (SSSR count). The van der Waals surface area contributed by atoms with Crippen molar-refractivity contribution < 1.29 is 56.1 Å². The molecule has 3 aromatic rings. The number of nitrogens with zero attached hydrogens (tertiary/aromatic N) is 6. The molecule has 0 radical (unpaired) electrons. The number of benzene rings is 1. The van der Waals surface area contributed by atoms with E-state index in [-0.39, 0.29) is 60.6 Å². The van der Waals surface area contributed by atoms with Crippen LogP contribution in [0, 0.1) is 0 Å². The number of carbonyl (C=O) groups is 5. The summed E-state index contributed by atoms with van der Waals surface area (Å²) in [6, 6.07) is 8.34. The second kappa shape index (κ2) is 29.5. The van der Waals surface area contributed by atoms with Crippen LogP contribution in [0.25, 0.3) is 10.9 Å². The van der Waals surface area contributed by atoms with Crippen molar-refractivity contribution >= 4 is 46.8 Å². The predicted molar refractivity (Wildman–Crippen MR) is 250 cm³/mol. The standard InChI is InChI=1S/C23H30F3N5O.C14H27N3O7.C10H12N2O/c1-14(2)30(3)16-5-7-17(8-6-16)31-11-10-20(22(31)32)29-21-18-12-15(23(24,25)26)4-9-19(18)27-13-28-21;15-13(19)11-24-10-9-23-6-3-17-14(20)1-4-21-7-8-22-5-2-16-12-18;1-12-9(4-5-10(12)13)8-3-2-6-11-7-8/h4,9,12-14,16-17,20H,5-8,10-11H2,1-3H3,(H,27,28,29);12H,1-11H2,(H2,15,19)(H,16,18)(H,17,20);2-3,6-7,9H,4-5H2,1H3. The van der Waals surface area contributed by atoms with E-state index >= 15 is 0 Å². The molecule has 2 saturated heterocycles. The number of anilines is 1. The average molecular weight is 975 g/mol. The molecular formula is C47H69F3N10O9. The third-order valence-electron chi connectivity index (χ3n) is 12.1. The van der Waals surface area contributed by atoms with Crippen LogP contribution in [0.2, 0.25) is 0 Å². The average Bonchev–Trinajstić information content (AvgIpc) is 3.87. The lowest BCUT2D eigenvalue weighted by molar-refractivity contribution is -0.137. The molecule has 5 N–H and O–H groups in total. The second-order valence-corrected chi connectivity index (χ2v) is 17.1. The zero-order valence-corrected chi connectivity index (χ0v) is 40.1. The molecular weight excluding hydrogens is 906 g/mol. The highest BCUT2D eigenvalue weighted by Crippen LogP contribution is 2.34. The molecule has 69 heavy (non-hydrogen) atoms. The van der Waals surface area contributed by atoms with Crippen molar-refractivity contribution in [1.29, 1.82) is 0 Å². The number of alkyl halides is 3. The minimum Gasteiger partial charge on any atom is -0.379 e. The van der Waals surface area contributed by atoms with Crippen LogP contribution < -0.4 is 21.7 Å². The second-order valence-electron chi connectivity index (χ2n) is 17.1. The maximum atomic E-state index is 13.2. The number of primary amides is 1. The molecule has 0 bridgehead atoms. The fourth-order valence-electron chi connectivity index (χ4n) is 8.10. The lowest BCUT2D eigenvalue weighted by Crippen LogP contribution is -2.46. The number of pyridine rings is 1. The van der Waals surface area contributed by atoms with E-state index in [1.54, 1.807) is 11.1 Å². The Hall–Kier alpha value is -5.55. The van der Waals surface area contributed by atoms with Gasteiger partial charge in [0.15, 0.2) is 0 Å². The van der Waals surface area contributed by atoms with Gasteiger partial charge in [-0.15, -0.1) is 0 Å². The summed E-state index contributed by atoms with van der Waals surface area (Å²) in [5.41, 5.74) is 5.68. The van der Waals surface area contributed by atoms with Gasteiger partial charge in [0, 0.05) is 75.4 Å². The van der Waals surface area contributed by atoms with E-state index in [0.717, 1.165) is 49.8 Å². The number of rotatable bonds is 24. The van der Waals surface area contributed by atoms with Crippen LogP contribution >= 0.6 is 0 Å². The summed E-state index contributed by atoms with van der Waals surface area (Å²) >= 11 is 0. The van der Waals surface area contributed by atoms with Gasteiger partial charge < -0.3 is 55.3 Å². The van der Waals surface area contributed by atoms with Gasteiger partial charge in [0.25, 0.3) is 0 Å². The van der Waals surface area contributed by atoms with Crippen LogP contribution in [0.4, 0.5) is 19.0 Å². The first kappa shape index (κ1) is 56.0. The van der Waals surface area contributed by atoms with Crippen molar-refractivity contribution in [3.63, 3.8) is 0 Å². The van der Waals surface area contributed by atoms with E-state index in [4.69, 9.17) is 24.7 Å². The number of hydrogen-bond donors (Lipinski definition) is 4. The topological polar surface area (TPSA) is 233 Å². The molecule has 2 atom stereocenters. The van der Waals surface area contributed by atoms with Gasteiger partial charge in [0.1, 0.15) is 24.8 Å². The van der Waals surface area contributed by atoms with Gasteiger partial charge in [0.2, 0.25) is 30.0 Å². The van der Waals surface area contributed by atoms with Crippen molar-refractivity contribution in [1.82, 2.24) is 40.3 Å². The first-order valence-electron chi connectivity index (χ1n) is 23.4. The number of carbonyl (C=O) groups excluding carboxylic acids is 5. The predicted octanol–water partition coefficient (Wildman–Crippen LogP) is 3.48. The van der Waals surface area contributed by atoms with Gasteiger partial charge in [-0.3, -0.25) is 29.0 Å². The molecule has 2 aromatic heterocycles. The summed E-state index contributed by atoms with van der Waals surface area (Å²) in [5.74, 6) is -0.146. The number of aromatic nitrogens is 3. The fourth-order valence-corrected chi connectivity index (χ4v) is 8.10. The number of hydrogen-bond acceptors (Lipinski definition) is 14. The number of fused-ring (bicyclic) bond motifs is 1. The number of ether oxygens (including phenoxy) is 4. The zero-order chi connectivity index (χ0) is 50.2. The van der Waals surface area contributed by atoms with Gasteiger partial charge in [-0.05, 0) is 89.2 Å². The summed E-state index contributed by atoms with van der Waals surface area (Å²) in [6.07, 6.45) is 7.58. The van der Waals surface area contributed by atoms with Crippen LogP contribution in [0.1, 0.15) is 82.4 Å². The monoisotopic (exact) mass is 975 g/mol. The van der Waals surface area contributed by atoms with E-state index in [1.165, 1.54) is 12.4 Å². The number of nitrogens with two attached hydrogens (primary N) is 1. The van der Waals surface area contributed by atoms with Gasteiger partial charge in [0.05, 0.1) is 63.4 Å². The van der Waals surface area contributed by atoms with Crippen LogP contribution in [-0.4, -0.2) is 170 Å². The molecule has 2 aliphatic heterocycles. The number of nitrogens with one attached hydrogen (secondary N) is 3. The molecule has 3 aliphatic rings. The summed E-state index contributed by atoms with van der Waals surface area (Å²) < 4.78 is 60.0. The Balaban J connectivity index is 0.000000246. The lowest BCUT2D eigenvalue weighted by Gasteiger charge is -2.39. The minimum absolute atomic E-state index is 0.00408. The third kappa shape index (κ3) is 19.0. The van der Waals surface area contributed by atoms with Crippen LogP contribution in [0.15, 0.2) is 49.1 Å². The molecule has 0 spiro atoms. The fraction of sp³-hybridized carbons (Fsp3) is 0.617. The molecule has 5 amide bonds. The minimum atomic E-state index is -4.45. The van der Waals surface area contributed by atoms with E-state index in [2.05, 4.69) is 56.7 Å². The molecule has 1 saturated carbocycles. The summed E-state index contributed by atoms with van der Waals surface area (Å²) in [4.78, 5) is 74.6. The number of amides is 5. The van der Waals surface area contributed by atoms with E-state index in [9.17, 15) is 37.1 Å². The zero-order valence-electron chi connectivity index (χ0n) is 40.1. The largest absolute Gasteiger partial charge is 0.416 e. The quantitative estimate of drug-likeness (QED) is 0.0744. The Morgan fingerprint density at radius 1 is 0.928 bits per heavy atom. The van der Waals surface area contributed by atoms with Gasteiger partial charge >= 0.3 is 6.18 Å². The first-order chi connectivity index (χ1) is 33.1. The Kier molecular flexibility index (Phi) is 23.9.